The maximum absolute atomic E-state index is 13.7. The van der Waals surface area contributed by atoms with E-state index in [4.69, 9.17) is 14.6 Å². The second-order valence-electron chi connectivity index (χ2n) is 8.19. The lowest BCUT2D eigenvalue weighted by atomic mass is 9.80. The van der Waals surface area contributed by atoms with Gasteiger partial charge in [0.05, 0.1) is 24.9 Å². The second kappa shape index (κ2) is 10.9. The summed E-state index contributed by atoms with van der Waals surface area (Å²) in [6.07, 6.45) is 1.33. The van der Waals surface area contributed by atoms with E-state index in [1.165, 1.54) is 0 Å². The molecule has 2 unspecified atom stereocenters. The van der Waals surface area contributed by atoms with Gasteiger partial charge < -0.3 is 19.9 Å². The van der Waals surface area contributed by atoms with Crippen LogP contribution in [0.3, 0.4) is 0 Å². The molecule has 2 aromatic carbocycles. The van der Waals surface area contributed by atoms with Gasteiger partial charge in [0.25, 0.3) is 0 Å². The van der Waals surface area contributed by atoms with E-state index < -0.39 is 5.54 Å². The number of benzene rings is 2. The van der Waals surface area contributed by atoms with E-state index in [1.54, 1.807) is 0 Å². The number of carbonyl (C=O) groups excluding carboxylic acids is 1. The van der Waals surface area contributed by atoms with Crippen LogP contribution < -0.4 is 10.1 Å². The van der Waals surface area contributed by atoms with Crippen LogP contribution in [0.25, 0.3) is 0 Å². The highest BCUT2D eigenvalue weighted by molar-refractivity contribution is 6.03. The average molecular weight is 427 g/mol. The van der Waals surface area contributed by atoms with Gasteiger partial charge in [0.2, 0.25) is 0 Å². The molecule has 0 bridgehead atoms. The number of likely N-dealkylation sites (N-methyl/N-ethyl adjacent to an activating group) is 1. The van der Waals surface area contributed by atoms with E-state index in [0.29, 0.717) is 30.8 Å². The summed E-state index contributed by atoms with van der Waals surface area (Å²) in [4.78, 5) is 15.7. The van der Waals surface area contributed by atoms with Gasteiger partial charge in [-0.25, -0.2) is 0 Å². The highest BCUT2D eigenvalue weighted by Crippen LogP contribution is 2.29. The first kappa shape index (κ1) is 23.4. The predicted octanol–water partition coefficient (Wildman–Crippen LogP) is 2.85. The SMILES string of the molecule is CCC(Cc1ccc(OCCO)cc1)(C(=O)c1ccc(C2CNCCO2)cc1)N(C)C. The van der Waals surface area contributed by atoms with Gasteiger partial charge in [0, 0.05) is 18.7 Å². The van der Waals surface area contributed by atoms with Gasteiger partial charge in [0.15, 0.2) is 5.78 Å². The summed E-state index contributed by atoms with van der Waals surface area (Å²) in [6, 6.07) is 15.6. The van der Waals surface area contributed by atoms with Gasteiger partial charge >= 0.3 is 0 Å². The third kappa shape index (κ3) is 5.52. The van der Waals surface area contributed by atoms with E-state index in [0.717, 1.165) is 24.2 Å². The molecule has 3 rings (SSSR count). The molecule has 0 amide bonds. The fourth-order valence-electron chi connectivity index (χ4n) is 4.15. The minimum atomic E-state index is -0.641. The third-order valence-electron chi connectivity index (χ3n) is 6.12. The Bertz CT molecular complexity index is 830. The number of rotatable bonds is 10. The smallest absolute Gasteiger partial charge is 0.183 e. The van der Waals surface area contributed by atoms with Crippen molar-refractivity contribution in [2.75, 3.05) is 47.0 Å². The van der Waals surface area contributed by atoms with Crippen molar-refractivity contribution in [1.82, 2.24) is 10.2 Å². The van der Waals surface area contributed by atoms with Crippen molar-refractivity contribution in [3.8, 4) is 5.75 Å². The molecule has 0 spiro atoms. The molecule has 2 atom stereocenters. The largest absolute Gasteiger partial charge is 0.491 e. The lowest BCUT2D eigenvalue weighted by Crippen LogP contribution is -2.52. The van der Waals surface area contributed by atoms with Gasteiger partial charge in [-0.05, 0) is 50.2 Å². The van der Waals surface area contributed by atoms with Crippen molar-refractivity contribution in [2.24, 2.45) is 0 Å². The number of ketones is 1. The molecule has 1 aliphatic heterocycles. The molecule has 0 radical (unpaired) electrons. The lowest BCUT2D eigenvalue weighted by Gasteiger charge is -2.38. The fourth-order valence-corrected chi connectivity index (χ4v) is 4.15. The minimum absolute atomic E-state index is 0.0159. The molecule has 0 aliphatic carbocycles. The lowest BCUT2D eigenvalue weighted by molar-refractivity contribution is 0.0277. The minimum Gasteiger partial charge on any atom is -0.491 e. The first-order valence-electron chi connectivity index (χ1n) is 11.0. The van der Waals surface area contributed by atoms with Gasteiger partial charge in [-0.2, -0.15) is 0 Å². The summed E-state index contributed by atoms with van der Waals surface area (Å²) in [7, 11) is 3.94. The van der Waals surface area contributed by atoms with Crippen LogP contribution in [0.15, 0.2) is 48.5 Å². The first-order valence-corrected chi connectivity index (χ1v) is 11.0. The fraction of sp³-hybridized carbons (Fsp3) is 0.480. The van der Waals surface area contributed by atoms with Gasteiger partial charge in [-0.1, -0.05) is 43.3 Å². The van der Waals surface area contributed by atoms with E-state index in [9.17, 15) is 4.79 Å². The molecule has 168 valence electrons. The number of hydrogen-bond donors (Lipinski definition) is 2. The Morgan fingerprint density at radius 3 is 2.45 bits per heavy atom. The maximum Gasteiger partial charge on any atom is 0.183 e. The molecule has 1 saturated heterocycles. The molecular weight excluding hydrogens is 392 g/mol. The summed E-state index contributed by atoms with van der Waals surface area (Å²) >= 11 is 0. The average Bonchev–Trinajstić information content (AvgIpc) is 2.82. The molecular formula is C25H34N2O4. The quantitative estimate of drug-likeness (QED) is 0.570. The van der Waals surface area contributed by atoms with Crippen LogP contribution in [0.4, 0.5) is 0 Å². The molecule has 31 heavy (non-hydrogen) atoms. The molecule has 2 N–H and O–H groups in total. The maximum atomic E-state index is 13.7. The van der Waals surface area contributed by atoms with Crippen molar-refractivity contribution in [2.45, 2.75) is 31.4 Å². The molecule has 1 aliphatic rings. The molecule has 0 aromatic heterocycles. The summed E-state index contributed by atoms with van der Waals surface area (Å²) in [5, 5.41) is 12.3. The zero-order valence-electron chi connectivity index (χ0n) is 18.8. The summed E-state index contributed by atoms with van der Waals surface area (Å²) < 4.78 is 11.3. The summed E-state index contributed by atoms with van der Waals surface area (Å²) in [5.74, 6) is 0.834. The van der Waals surface area contributed by atoms with Crippen molar-refractivity contribution in [1.29, 1.82) is 0 Å². The van der Waals surface area contributed by atoms with Crippen LogP contribution >= 0.6 is 0 Å². The van der Waals surface area contributed by atoms with Crippen LogP contribution in [-0.2, 0) is 11.2 Å². The van der Waals surface area contributed by atoms with Crippen LogP contribution in [-0.4, -0.2) is 68.3 Å². The van der Waals surface area contributed by atoms with Crippen LogP contribution in [0, 0.1) is 0 Å². The van der Waals surface area contributed by atoms with Gasteiger partial charge in [-0.15, -0.1) is 0 Å². The number of nitrogens with zero attached hydrogens (tertiary/aromatic N) is 1. The summed E-state index contributed by atoms with van der Waals surface area (Å²) in [6.45, 7) is 4.69. The van der Waals surface area contributed by atoms with E-state index in [2.05, 4.69) is 12.2 Å². The van der Waals surface area contributed by atoms with E-state index >= 15 is 0 Å². The first-order chi connectivity index (χ1) is 15.0. The number of nitrogens with one attached hydrogen (secondary N) is 1. The standard InChI is InChI=1S/C25H34N2O4/c1-4-25(27(2)3,17-19-5-11-22(12-6-19)30-16-14-28)24(29)21-9-7-20(8-10-21)23-18-26-13-15-31-23/h5-12,23,26,28H,4,13-18H2,1-3H3. The molecule has 1 fully saturated rings. The predicted molar refractivity (Wildman–Crippen MR) is 122 cm³/mol. The zero-order valence-corrected chi connectivity index (χ0v) is 18.8. The van der Waals surface area contributed by atoms with Crippen molar-refractivity contribution < 1.29 is 19.4 Å². The molecule has 6 nitrogen and oxygen atoms in total. The summed E-state index contributed by atoms with van der Waals surface area (Å²) in [5.41, 5.74) is 2.23. The van der Waals surface area contributed by atoms with E-state index in [1.807, 2.05) is 67.5 Å². The molecule has 0 saturated carbocycles. The monoisotopic (exact) mass is 426 g/mol. The number of carbonyl (C=O) groups is 1. The Labute approximate surface area is 185 Å². The van der Waals surface area contributed by atoms with E-state index in [-0.39, 0.29) is 25.1 Å². The van der Waals surface area contributed by atoms with Crippen LogP contribution in [0.5, 0.6) is 5.75 Å². The number of Topliss-reactive ketones (excluding diaryl/α,β-unsaturated/α-hetero) is 1. The number of aliphatic hydroxyl groups excluding tert-OH is 1. The van der Waals surface area contributed by atoms with Crippen LogP contribution in [0.2, 0.25) is 0 Å². The topological polar surface area (TPSA) is 71.0 Å². The Morgan fingerprint density at radius 1 is 1.19 bits per heavy atom. The molecule has 1 heterocycles. The Hall–Kier alpha value is -2.25. The van der Waals surface area contributed by atoms with Gasteiger partial charge in [-0.3, -0.25) is 9.69 Å². The second-order valence-corrected chi connectivity index (χ2v) is 8.19. The number of ether oxygens (including phenoxy) is 2. The van der Waals surface area contributed by atoms with Crippen molar-refractivity contribution in [3.05, 3.63) is 65.2 Å². The van der Waals surface area contributed by atoms with Crippen LogP contribution in [0.1, 0.15) is 40.9 Å². The zero-order chi connectivity index (χ0) is 22.3. The highest BCUT2D eigenvalue weighted by atomic mass is 16.5. The Morgan fingerprint density at radius 2 is 1.90 bits per heavy atom. The Balaban J connectivity index is 1.79. The number of morpholine rings is 1. The van der Waals surface area contributed by atoms with Crippen molar-refractivity contribution in [3.63, 3.8) is 0 Å². The van der Waals surface area contributed by atoms with Gasteiger partial charge in [0.1, 0.15) is 12.4 Å². The highest BCUT2D eigenvalue weighted by Gasteiger charge is 2.39. The molecule has 6 heteroatoms. The third-order valence-corrected chi connectivity index (χ3v) is 6.12. The molecule has 2 aromatic rings. The Kier molecular flexibility index (Phi) is 8.21. The van der Waals surface area contributed by atoms with Crippen molar-refractivity contribution >= 4 is 5.78 Å². The normalized spacial score (nSPS) is 18.5. The number of hydrogen-bond acceptors (Lipinski definition) is 6. The number of aliphatic hydroxyl groups is 1.